The molecule has 0 spiro atoms. The zero-order valence-electron chi connectivity index (χ0n) is 19.2. The van der Waals surface area contributed by atoms with Crippen molar-refractivity contribution in [3.63, 3.8) is 0 Å². The van der Waals surface area contributed by atoms with Crippen LogP contribution < -0.4 is 15.6 Å². The van der Waals surface area contributed by atoms with Crippen molar-refractivity contribution in [2.45, 2.75) is 44.0 Å². The number of anilines is 1. The van der Waals surface area contributed by atoms with Gasteiger partial charge in [-0.3, -0.25) is 14.7 Å². The van der Waals surface area contributed by atoms with Gasteiger partial charge in [0.05, 0.1) is 23.2 Å². The number of nitrogens with zero attached hydrogens (tertiary/aromatic N) is 3. The number of halogens is 6. The molecule has 14 heteroatoms. The molecule has 1 aliphatic rings. The molecule has 1 unspecified atom stereocenters. The molecule has 3 heterocycles. The van der Waals surface area contributed by atoms with Crippen molar-refractivity contribution < 1.29 is 41.7 Å². The minimum Gasteiger partial charge on any atom is -0.389 e. The summed E-state index contributed by atoms with van der Waals surface area (Å²) in [7, 11) is 0. The van der Waals surface area contributed by atoms with E-state index in [1.807, 2.05) is 5.32 Å². The van der Waals surface area contributed by atoms with Gasteiger partial charge in [-0.05, 0) is 18.6 Å². The highest BCUT2D eigenvalue weighted by Gasteiger charge is 2.40. The lowest BCUT2D eigenvalue weighted by Crippen LogP contribution is -2.44. The molecule has 1 aliphatic heterocycles. The van der Waals surface area contributed by atoms with Crippen molar-refractivity contribution in [1.82, 2.24) is 14.9 Å². The van der Waals surface area contributed by atoms with Crippen LogP contribution in [0.15, 0.2) is 35.3 Å². The SMILES string of the molecule is CC[C@H](NC(O)c1cn(-c2c(F)cc(F)cc2F)c2nc(N3C[C@@H](O)[C@H](O)C3)ccc2c1=O)C(F)(F)F. The minimum atomic E-state index is -4.76. The Kier molecular flexibility index (Phi) is 7.21. The molecule has 3 aromatic rings. The molecular weight excluding hydrogens is 510 g/mol. The van der Waals surface area contributed by atoms with Crippen LogP contribution >= 0.6 is 0 Å². The number of β-amino-alcohol motifs (C(OH)–C–C–N with tert-alkyl or cyclic N) is 2. The van der Waals surface area contributed by atoms with Crippen LogP contribution in [0.2, 0.25) is 0 Å². The summed E-state index contributed by atoms with van der Waals surface area (Å²) in [5.41, 5.74) is -2.89. The Balaban J connectivity index is 1.93. The van der Waals surface area contributed by atoms with Gasteiger partial charge in [0.2, 0.25) is 0 Å². The highest BCUT2D eigenvalue weighted by molar-refractivity contribution is 5.80. The first kappa shape index (κ1) is 26.9. The summed E-state index contributed by atoms with van der Waals surface area (Å²) in [6.45, 7) is 1.12. The van der Waals surface area contributed by atoms with E-state index in [2.05, 4.69) is 4.98 Å². The molecule has 1 aromatic carbocycles. The summed E-state index contributed by atoms with van der Waals surface area (Å²) in [5.74, 6) is -3.95. The fourth-order valence-electron chi connectivity index (χ4n) is 4.20. The Hall–Kier alpha value is -3.20. The largest absolute Gasteiger partial charge is 0.403 e. The van der Waals surface area contributed by atoms with E-state index in [1.54, 1.807) is 0 Å². The van der Waals surface area contributed by atoms with Gasteiger partial charge in [-0.15, -0.1) is 0 Å². The quantitative estimate of drug-likeness (QED) is 0.285. The average Bonchev–Trinajstić information content (AvgIpc) is 3.15. The summed E-state index contributed by atoms with van der Waals surface area (Å²) in [6.07, 6.45) is -8.91. The van der Waals surface area contributed by atoms with Crippen LogP contribution in [0.5, 0.6) is 0 Å². The molecule has 0 bridgehead atoms. The van der Waals surface area contributed by atoms with Crippen LogP contribution in [0, 0.1) is 17.5 Å². The van der Waals surface area contributed by atoms with Gasteiger partial charge in [-0.25, -0.2) is 18.2 Å². The second-order valence-corrected chi connectivity index (χ2v) is 8.65. The topological polar surface area (TPSA) is 111 Å². The maximum atomic E-state index is 14.8. The maximum Gasteiger partial charge on any atom is 0.403 e. The third-order valence-electron chi connectivity index (χ3n) is 6.13. The van der Waals surface area contributed by atoms with Crippen LogP contribution in [0.1, 0.15) is 25.1 Å². The van der Waals surface area contributed by atoms with Gasteiger partial charge in [-0.1, -0.05) is 6.92 Å². The molecule has 200 valence electrons. The van der Waals surface area contributed by atoms with Gasteiger partial charge in [0, 0.05) is 31.4 Å². The molecule has 4 N–H and O–H groups in total. The highest BCUT2D eigenvalue weighted by Crippen LogP contribution is 2.28. The van der Waals surface area contributed by atoms with Gasteiger partial charge in [0.1, 0.15) is 29.6 Å². The number of aliphatic hydroxyl groups excluding tert-OH is 3. The predicted molar refractivity (Wildman–Crippen MR) is 120 cm³/mol. The molecule has 1 fully saturated rings. The second-order valence-electron chi connectivity index (χ2n) is 8.65. The van der Waals surface area contributed by atoms with Crippen molar-refractivity contribution in [3.05, 3.63) is 63.7 Å². The fraction of sp³-hybridized carbons (Fsp3) is 0.391. The molecule has 1 saturated heterocycles. The van der Waals surface area contributed by atoms with Crippen molar-refractivity contribution in [2.75, 3.05) is 18.0 Å². The molecule has 37 heavy (non-hydrogen) atoms. The van der Waals surface area contributed by atoms with E-state index >= 15 is 0 Å². The lowest BCUT2D eigenvalue weighted by molar-refractivity contribution is -0.164. The lowest BCUT2D eigenvalue weighted by atomic mass is 10.1. The van der Waals surface area contributed by atoms with E-state index in [9.17, 15) is 46.5 Å². The number of alkyl halides is 3. The van der Waals surface area contributed by atoms with Gasteiger partial charge in [0.15, 0.2) is 22.7 Å². The first-order valence-corrected chi connectivity index (χ1v) is 11.1. The summed E-state index contributed by atoms with van der Waals surface area (Å²) in [4.78, 5) is 18.8. The Labute approximate surface area is 205 Å². The summed E-state index contributed by atoms with van der Waals surface area (Å²) in [6, 6.07) is 1.03. The van der Waals surface area contributed by atoms with E-state index in [0.29, 0.717) is 16.7 Å². The van der Waals surface area contributed by atoms with Gasteiger partial charge >= 0.3 is 6.18 Å². The average molecular weight is 532 g/mol. The fourth-order valence-corrected chi connectivity index (χ4v) is 4.20. The molecule has 2 aromatic heterocycles. The minimum absolute atomic E-state index is 0.0419. The Morgan fingerprint density at radius 3 is 2.24 bits per heavy atom. The van der Waals surface area contributed by atoms with E-state index in [4.69, 9.17) is 0 Å². The van der Waals surface area contributed by atoms with E-state index < -0.39 is 71.2 Å². The number of fused-ring (bicyclic) bond motifs is 1. The van der Waals surface area contributed by atoms with Crippen molar-refractivity contribution in [1.29, 1.82) is 0 Å². The number of aliphatic hydroxyl groups is 3. The lowest BCUT2D eigenvalue weighted by Gasteiger charge is -2.24. The Morgan fingerprint density at radius 1 is 1.11 bits per heavy atom. The Morgan fingerprint density at radius 2 is 1.70 bits per heavy atom. The monoisotopic (exact) mass is 532 g/mol. The molecule has 8 nitrogen and oxygen atoms in total. The maximum absolute atomic E-state index is 14.8. The van der Waals surface area contributed by atoms with E-state index in [1.165, 1.54) is 24.0 Å². The number of nitrogens with one attached hydrogen (secondary N) is 1. The predicted octanol–water partition coefficient (Wildman–Crippen LogP) is 2.27. The van der Waals surface area contributed by atoms with E-state index in [0.717, 1.165) is 6.20 Å². The van der Waals surface area contributed by atoms with Crippen LogP contribution in [-0.4, -0.2) is 62.4 Å². The van der Waals surface area contributed by atoms with Gasteiger partial charge in [-0.2, -0.15) is 13.2 Å². The van der Waals surface area contributed by atoms with Gasteiger partial charge in [0.25, 0.3) is 0 Å². The number of rotatable bonds is 6. The van der Waals surface area contributed by atoms with Crippen LogP contribution in [0.3, 0.4) is 0 Å². The van der Waals surface area contributed by atoms with Gasteiger partial charge < -0.3 is 20.2 Å². The summed E-state index contributed by atoms with van der Waals surface area (Å²) in [5, 5.41) is 31.8. The number of aromatic nitrogens is 2. The van der Waals surface area contributed by atoms with Crippen LogP contribution in [0.25, 0.3) is 16.7 Å². The normalized spacial score (nSPS) is 20.0. The van der Waals surface area contributed by atoms with Crippen LogP contribution in [-0.2, 0) is 0 Å². The third kappa shape index (κ3) is 5.14. The molecule has 0 saturated carbocycles. The number of hydrogen-bond donors (Lipinski definition) is 4. The van der Waals surface area contributed by atoms with Crippen molar-refractivity contribution in [3.8, 4) is 5.69 Å². The molecule has 0 amide bonds. The first-order chi connectivity index (χ1) is 17.3. The molecule has 4 rings (SSSR count). The number of hydrogen-bond acceptors (Lipinski definition) is 7. The molecule has 0 radical (unpaired) electrons. The summed E-state index contributed by atoms with van der Waals surface area (Å²) >= 11 is 0. The first-order valence-electron chi connectivity index (χ1n) is 11.1. The second kappa shape index (κ2) is 9.93. The van der Waals surface area contributed by atoms with Crippen LogP contribution in [0.4, 0.5) is 32.2 Å². The highest BCUT2D eigenvalue weighted by atomic mass is 19.4. The third-order valence-corrected chi connectivity index (χ3v) is 6.13. The zero-order chi connectivity index (χ0) is 27.2. The van der Waals surface area contributed by atoms with Crippen molar-refractivity contribution in [2.24, 2.45) is 0 Å². The molecule has 0 aliphatic carbocycles. The molecule has 4 atom stereocenters. The van der Waals surface area contributed by atoms with Crippen molar-refractivity contribution >= 4 is 16.9 Å². The smallest absolute Gasteiger partial charge is 0.389 e. The van der Waals surface area contributed by atoms with E-state index in [-0.39, 0.29) is 29.9 Å². The number of pyridine rings is 2. The summed E-state index contributed by atoms with van der Waals surface area (Å²) < 4.78 is 83.6. The Bertz CT molecular complexity index is 1350. The molecular formula is C23H22F6N4O4. The zero-order valence-corrected chi connectivity index (χ0v) is 19.2. The standard InChI is InChI=1S/C23H22F6N4O4/c1-2-17(23(27,28)29)30-22(37)12-7-33(19-13(25)5-10(24)6-14(19)26)21-11(20(12)36)3-4-18(31-21)32-8-15(34)16(35)9-32/h3-7,15-17,22,30,34-35,37H,2,8-9H2,1H3/t15-,16-,17+,22?/m1/s1. The number of benzene rings is 1.